The van der Waals surface area contributed by atoms with Crippen molar-refractivity contribution >= 4 is 17.5 Å². The van der Waals surface area contributed by atoms with Gasteiger partial charge in [0, 0.05) is 5.02 Å². The number of hydrogen-bond acceptors (Lipinski definition) is 3. The largest absolute Gasteiger partial charge is 0.492 e. The Morgan fingerprint density at radius 2 is 1.62 bits per heavy atom. The molecule has 0 bridgehead atoms. The van der Waals surface area contributed by atoms with Crippen LogP contribution in [-0.4, -0.2) is 25.7 Å². The molecule has 21 heavy (non-hydrogen) atoms. The minimum atomic E-state index is -0.193. The van der Waals surface area contributed by atoms with Gasteiger partial charge in [0.05, 0.1) is 6.54 Å². The third kappa shape index (κ3) is 5.75. The number of carbonyl (C=O) groups excluding carboxylic acids is 1. The van der Waals surface area contributed by atoms with Crippen molar-refractivity contribution in [2.75, 3.05) is 19.8 Å². The fraction of sp³-hybridized carbons (Fsp3) is 0.188. The minimum Gasteiger partial charge on any atom is -0.492 e. The lowest BCUT2D eigenvalue weighted by atomic mass is 10.3. The van der Waals surface area contributed by atoms with Crippen LogP contribution >= 0.6 is 11.6 Å². The lowest BCUT2D eigenvalue weighted by molar-refractivity contribution is -0.123. The van der Waals surface area contributed by atoms with Gasteiger partial charge in [0.1, 0.15) is 18.1 Å². The van der Waals surface area contributed by atoms with E-state index >= 15 is 0 Å². The minimum absolute atomic E-state index is 0.0348. The molecule has 0 aliphatic heterocycles. The van der Waals surface area contributed by atoms with Crippen molar-refractivity contribution in [3.8, 4) is 11.5 Å². The normalized spacial score (nSPS) is 9.95. The number of carbonyl (C=O) groups is 1. The Hall–Kier alpha value is -2.20. The maximum Gasteiger partial charge on any atom is 0.258 e. The molecule has 1 N–H and O–H groups in total. The van der Waals surface area contributed by atoms with E-state index in [4.69, 9.17) is 21.1 Å². The lowest BCUT2D eigenvalue weighted by Gasteiger charge is -2.08. The van der Waals surface area contributed by atoms with Gasteiger partial charge in [-0.1, -0.05) is 29.8 Å². The van der Waals surface area contributed by atoms with Crippen LogP contribution in [0, 0.1) is 0 Å². The van der Waals surface area contributed by atoms with Crippen LogP contribution in [0.5, 0.6) is 11.5 Å². The van der Waals surface area contributed by atoms with Crippen molar-refractivity contribution in [1.29, 1.82) is 0 Å². The summed E-state index contributed by atoms with van der Waals surface area (Å²) in [5, 5.41) is 3.35. The van der Waals surface area contributed by atoms with E-state index in [1.807, 2.05) is 30.3 Å². The molecule has 1 amide bonds. The first-order valence-electron chi connectivity index (χ1n) is 6.57. The second kappa shape index (κ2) is 8.17. The van der Waals surface area contributed by atoms with Crippen molar-refractivity contribution in [3.63, 3.8) is 0 Å². The molecule has 0 fully saturated rings. The zero-order valence-electron chi connectivity index (χ0n) is 11.4. The van der Waals surface area contributed by atoms with Gasteiger partial charge in [-0.2, -0.15) is 0 Å². The highest BCUT2D eigenvalue weighted by Gasteiger charge is 2.02. The van der Waals surface area contributed by atoms with Crippen LogP contribution in [0.1, 0.15) is 0 Å². The molecule has 0 aliphatic carbocycles. The highest BCUT2D eigenvalue weighted by Crippen LogP contribution is 2.15. The van der Waals surface area contributed by atoms with Gasteiger partial charge < -0.3 is 14.8 Å². The topological polar surface area (TPSA) is 47.6 Å². The van der Waals surface area contributed by atoms with Gasteiger partial charge in [-0.3, -0.25) is 4.79 Å². The first-order chi connectivity index (χ1) is 10.2. The summed E-state index contributed by atoms with van der Waals surface area (Å²) >= 11 is 5.76. The van der Waals surface area contributed by atoms with Gasteiger partial charge in [0.15, 0.2) is 6.61 Å². The molecule has 4 nitrogen and oxygen atoms in total. The third-order valence-corrected chi connectivity index (χ3v) is 2.87. The highest BCUT2D eigenvalue weighted by molar-refractivity contribution is 6.30. The van der Waals surface area contributed by atoms with E-state index in [2.05, 4.69) is 5.32 Å². The van der Waals surface area contributed by atoms with Crippen LogP contribution < -0.4 is 14.8 Å². The van der Waals surface area contributed by atoms with Crippen molar-refractivity contribution in [2.45, 2.75) is 0 Å². The van der Waals surface area contributed by atoms with E-state index in [-0.39, 0.29) is 12.5 Å². The summed E-state index contributed by atoms with van der Waals surface area (Å²) in [5.41, 5.74) is 0. The SMILES string of the molecule is O=C(COc1ccc(Cl)cc1)NCCOc1ccccc1. The van der Waals surface area contributed by atoms with Crippen molar-refractivity contribution < 1.29 is 14.3 Å². The average Bonchev–Trinajstić information content (AvgIpc) is 2.52. The summed E-state index contributed by atoms with van der Waals surface area (Å²) in [7, 11) is 0. The molecule has 5 heteroatoms. The smallest absolute Gasteiger partial charge is 0.258 e. The standard InChI is InChI=1S/C16H16ClNO3/c17-13-6-8-15(9-7-13)21-12-16(19)18-10-11-20-14-4-2-1-3-5-14/h1-9H,10-12H2,(H,18,19). The first kappa shape index (κ1) is 15.2. The highest BCUT2D eigenvalue weighted by atomic mass is 35.5. The van der Waals surface area contributed by atoms with Crippen LogP contribution in [-0.2, 0) is 4.79 Å². The molecule has 2 aromatic rings. The molecule has 0 saturated carbocycles. The van der Waals surface area contributed by atoms with E-state index in [1.54, 1.807) is 24.3 Å². The molecule has 110 valence electrons. The fourth-order valence-electron chi connectivity index (χ4n) is 1.61. The molecule has 0 radical (unpaired) electrons. The Kier molecular flexibility index (Phi) is 5.91. The number of amides is 1. The summed E-state index contributed by atoms with van der Waals surface area (Å²) < 4.78 is 10.8. The van der Waals surface area contributed by atoms with Gasteiger partial charge in [0.25, 0.3) is 5.91 Å². The van der Waals surface area contributed by atoms with E-state index in [0.29, 0.717) is 23.9 Å². The fourth-order valence-corrected chi connectivity index (χ4v) is 1.73. The Morgan fingerprint density at radius 3 is 2.33 bits per heavy atom. The second-order valence-electron chi connectivity index (χ2n) is 4.25. The molecule has 2 rings (SSSR count). The monoisotopic (exact) mass is 305 g/mol. The van der Waals surface area contributed by atoms with Gasteiger partial charge in [0.2, 0.25) is 0 Å². The molecule has 0 aromatic heterocycles. The van der Waals surface area contributed by atoms with Gasteiger partial charge >= 0.3 is 0 Å². The summed E-state index contributed by atoms with van der Waals surface area (Å²) in [4.78, 5) is 11.6. The second-order valence-corrected chi connectivity index (χ2v) is 4.69. The van der Waals surface area contributed by atoms with Crippen molar-refractivity contribution in [2.24, 2.45) is 0 Å². The molecule has 0 spiro atoms. The number of benzene rings is 2. The molecule has 0 heterocycles. The van der Waals surface area contributed by atoms with Gasteiger partial charge in [-0.15, -0.1) is 0 Å². The van der Waals surface area contributed by atoms with E-state index in [9.17, 15) is 4.79 Å². The summed E-state index contributed by atoms with van der Waals surface area (Å²) in [6.07, 6.45) is 0. The Morgan fingerprint density at radius 1 is 0.952 bits per heavy atom. The summed E-state index contributed by atoms with van der Waals surface area (Å²) in [6, 6.07) is 16.3. The molecule has 0 aliphatic rings. The van der Waals surface area contributed by atoms with Crippen molar-refractivity contribution in [3.05, 3.63) is 59.6 Å². The predicted molar refractivity (Wildman–Crippen MR) is 81.9 cm³/mol. The van der Waals surface area contributed by atoms with Crippen LogP contribution in [0.3, 0.4) is 0 Å². The molecule has 0 unspecified atom stereocenters. The maximum absolute atomic E-state index is 11.6. The van der Waals surface area contributed by atoms with Gasteiger partial charge in [-0.25, -0.2) is 0 Å². The number of ether oxygens (including phenoxy) is 2. The average molecular weight is 306 g/mol. The number of halogens is 1. The number of rotatable bonds is 7. The molecular formula is C16H16ClNO3. The summed E-state index contributed by atoms with van der Waals surface area (Å²) in [6.45, 7) is 0.807. The van der Waals surface area contributed by atoms with E-state index in [1.165, 1.54) is 0 Å². The van der Waals surface area contributed by atoms with Crippen LogP contribution in [0.2, 0.25) is 5.02 Å². The van der Waals surface area contributed by atoms with Gasteiger partial charge in [-0.05, 0) is 36.4 Å². The lowest BCUT2D eigenvalue weighted by Crippen LogP contribution is -2.32. The predicted octanol–water partition coefficient (Wildman–Crippen LogP) is 2.91. The zero-order chi connectivity index (χ0) is 14.9. The molecule has 0 atom stereocenters. The molecular weight excluding hydrogens is 290 g/mol. The Balaban J connectivity index is 1.60. The molecule has 2 aromatic carbocycles. The van der Waals surface area contributed by atoms with Crippen LogP contribution in [0.15, 0.2) is 54.6 Å². The maximum atomic E-state index is 11.6. The molecule has 0 saturated heterocycles. The third-order valence-electron chi connectivity index (χ3n) is 2.62. The van der Waals surface area contributed by atoms with E-state index in [0.717, 1.165) is 5.75 Å². The Labute approximate surface area is 128 Å². The number of hydrogen-bond donors (Lipinski definition) is 1. The van der Waals surface area contributed by atoms with Crippen LogP contribution in [0.25, 0.3) is 0 Å². The zero-order valence-corrected chi connectivity index (χ0v) is 12.2. The first-order valence-corrected chi connectivity index (χ1v) is 6.95. The van der Waals surface area contributed by atoms with E-state index < -0.39 is 0 Å². The Bertz CT molecular complexity index is 557. The summed E-state index contributed by atoms with van der Waals surface area (Å²) in [5.74, 6) is 1.20. The quantitative estimate of drug-likeness (QED) is 0.800. The number of para-hydroxylation sites is 1. The van der Waals surface area contributed by atoms with Crippen molar-refractivity contribution in [1.82, 2.24) is 5.32 Å². The van der Waals surface area contributed by atoms with Crippen LogP contribution in [0.4, 0.5) is 0 Å². The number of nitrogens with one attached hydrogen (secondary N) is 1.